The molecule has 3 rings (SSSR count). The second-order valence-electron chi connectivity index (χ2n) is 6.00. The molecule has 2 aromatic rings. The van der Waals surface area contributed by atoms with Crippen molar-refractivity contribution in [3.8, 4) is 0 Å². The summed E-state index contributed by atoms with van der Waals surface area (Å²) >= 11 is 2.32. The number of nitrogens with one attached hydrogen (secondary N) is 1. The van der Waals surface area contributed by atoms with Crippen molar-refractivity contribution in [1.29, 1.82) is 0 Å². The highest BCUT2D eigenvalue weighted by atomic mass is 32.2. The van der Waals surface area contributed by atoms with E-state index in [1.54, 1.807) is 12.1 Å². The highest BCUT2D eigenvalue weighted by Crippen LogP contribution is 2.32. The van der Waals surface area contributed by atoms with Crippen LogP contribution in [0.2, 0.25) is 0 Å². The molecule has 2 aromatic carbocycles. The number of esters is 1. The van der Waals surface area contributed by atoms with Gasteiger partial charge >= 0.3 is 5.97 Å². The van der Waals surface area contributed by atoms with E-state index in [4.69, 9.17) is 0 Å². The minimum Gasteiger partial charge on any atom is -0.466 e. The first kappa shape index (κ1) is 22.2. The SMILES string of the molecule is COC(=O)/C=C1/S/C(=N\N=Cc2ccc(SCc3ccccc3)c([N+](=O)[O-])c2)NC1=O. The Balaban J connectivity index is 1.70. The Kier molecular flexibility index (Phi) is 7.57. The molecule has 0 unspecified atom stereocenters. The summed E-state index contributed by atoms with van der Waals surface area (Å²) < 4.78 is 4.48. The lowest BCUT2D eigenvalue weighted by Gasteiger charge is -2.04. The van der Waals surface area contributed by atoms with Crippen LogP contribution in [0.15, 0.2) is 74.6 Å². The number of benzene rings is 2. The third kappa shape index (κ3) is 6.27. The van der Waals surface area contributed by atoms with Crippen molar-refractivity contribution in [1.82, 2.24) is 5.32 Å². The third-order valence-electron chi connectivity index (χ3n) is 3.87. The van der Waals surface area contributed by atoms with Crippen LogP contribution in [0.1, 0.15) is 11.1 Å². The molecular weight excluding hydrogens is 440 g/mol. The Morgan fingerprint density at radius 2 is 2.06 bits per heavy atom. The number of nitrogens with zero attached hydrogens (tertiary/aromatic N) is 3. The van der Waals surface area contributed by atoms with Crippen molar-refractivity contribution in [2.24, 2.45) is 10.2 Å². The standard InChI is InChI=1S/C20H16N4O5S2/c1-29-18(25)10-17-19(26)22-20(31-17)23-21-11-14-7-8-16(15(9-14)24(27)28)30-12-13-5-3-2-4-6-13/h2-11H,12H2,1H3,(H,22,23,26)/b17-10+,21-11?. The van der Waals surface area contributed by atoms with Crippen molar-refractivity contribution in [3.05, 3.63) is 80.8 Å². The highest BCUT2D eigenvalue weighted by Gasteiger charge is 2.25. The maximum Gasteiger partial charge on any atom is 0.331 e. The second-order valence-corrected chi connectivity index (χ2v) is 8.04. The number of rotatable bonds is 7. The molecule has 0 aliphatic carbocycles. The third-order valence-corrected chi connectivity index (χ3v) is 5.91. The van der Waals surface area contributed by atoms with Crippen molar-refractivity contribution >= 4 is 52.5 Å². The number of hydrogen-bond acceptors (Lipinski definition) is 9. The van der Waals surface area contributed by atoms with Gasteiger partial charge in [-0.1, -0.05) is 36.4 Å². The van der Waals surface area contributed by atoms with Crippen LogP contribution in [-0.2, 0) is 20.1 Å². The number of amidine groups is 1. The number of ether oxygens (including phenoxy) is 1. The van der Waals surface area contributed by atoms with Crippen molar-refractivity contribution in [2.45, 2.75) is 10.6 Å². The molecule has 1 saturated heterocycles. The monoisotopic (exact) mass is 456 g/mol. The summed E-state index contributed by atoms with van der Waals surface area (Å²) in [5, 5.41) is 21.9. The van der Waals surface area contributed by atoms with Gasteiger partial charge in [-0.2, -0.15) is 5.10 Å². The Bertz CT molecular complexity index is 1100. The van der Waals surface area contributed by atoms with Gasteiger partial charge < -0.3 is 4.74 Å². The Hall–Kier alpha value is -3.44. The summed E-state index contributed by atoms with van der Waals surface area (Å²) in [6, 6.07) is 14.5. The first-order valence-corrected chi connectivity index (χ1v) is 10.6. The molecule has 158 valence electrons. The number of nitro benzene ring substituents is 1. The molecule has 1 aliphatic rings. The molecule has 11 heteroatoms. The van der Waals surface area contributed by atoms with Gasteiger partial charge in [0.15, 0.2) is 5.17 Å². The largest absolute Gasteiger partial charge is 0.466 e. The fourth-order valence-electron chi connectivity index (χ4n) is 2.40. The quantitative estimate of drug-likeness (QED) is 0.169. The number of amides is 1. The average Bonchev–Trinajstić information content (AvgIpc) is 3.12. The van der Waals surface area contributed by atoms with Gasteiger partial charge in [0, 0.05) is 23.5 Å². The van der Waals surface area contributed by atoms with E-state index in [2.05, 4.69) is 20.3 Å². The van der Waals surface area contributed by atoms with E-state index in [-0.39, 0.29) is 15.8 Å². The van der Waals surface area contributed by atoms with Gasteiger partial charge in [0.25, 0.3) is 11.6 Å². The van der Waals surface area contributed by atoms with Crippen LogP contribution in [-0.4, -0.2) is 35.3 Å². The number of carbonyl (C=O) groups is 2. The summed E-state index contributed by atoms with van der Waals surface area (Å²) in [5.74, 6) is -0.527. The van der Waals surface area contributed by atoms with Crippen LogP contribution in [0, 0.1) is 10.1 Å². The molecule has 0 atom stereocenters. The zero-order valence-corrected chi connectivity index (χ0v) is 17.8. The summed E-state index contributed by atoms with van der Waals surface area (Å²) in [5.41, 5.74) is 1.53. The van der Waals surface area contributed by atoms with E-state index in [9.17, 15) is 19.7 Å². The average molecular weight is 457 g/mol. The second kappa shape index (κ2) is 10.5. The van der Waals surface area contributed by atoms with E-state index < -0.39 is 16.8 Å². The number of thioether (sulfide) groups is 2. The lowest BCUT2D eigenvalue weighted by molar-refractivity contribution is -0.387. The number of carbonyl (C=O) groups excluding carboxylic acids is 2. The van der Waals surface area contributed by atoms with E-state index in [1.165, 1.54) is 31.2 Å². The van der Waals surface area contributed by atoms with Gasteiger partial charge in [-0.05, 0) is 23.4 Å². The van der Waals surface area contributed by atoms with E-state index >= 15 is 0 Å². The van der Waals surface area contributed by atoms with Gasteiger partial charge in [-0.15, -0.1) is 16.9 Å². The van der Waals surface area contributed by atoms with E-state index in [0.29, 0.717) is 16.2 Å². The number of hydrogen-bond donors (Lipinski definition) is 1. The number of nitro groups is 1. The van der Waals surface area contributed by atoms with Gasteiger partial charge in [0.05, 0.1) is 28.0 Å². The molecule has 0 radical (unpaired) electrons. The zero-order chi connectivity index (χ0) is 22.2. The lowest BCUT2D eigenvalue weighted by atomic mass is 10.2. The van der Waals surface area contributed by atoms with E-state index in [1.807, 2.05) is 30.3 Å². The van der Waals surface area contributed by atoms with E-state index in [0.717, 1.165) is 23.4 Å². The first-order valence-electron chi connectivity index (χ1n) is 8.81. The minimum absolute atomic E-state index is 0.0237. The van der Waals surface area contributed by atoms with Crippen LogP contribution >= 0.6 is 23.5 Å². The molecule has 0 bridgehead atoms. The highest BCUT2D eigenvalue weighted by molar-refractivity contribution is 8.18. The molecule has 9 nitrogen and oxygen atoms in total. The molecule has 1 fully saturated rings. The van der Waals surface area contributed by atoms with Crippen molar-refractivity contribution in [2.75, 3.05) is 7.11 Å². The van der Waals surface area contributed by atoms with Crippen LogP contribution in [0.4, 0.5) is 5.69 Å². The molecule has 31 heavy (non-hydrogen) atoms. The first-order chi connectivity index (χ1) is 15.0. The maximum absolute atomic E-state index is 11.8. The lowest BCUT2D eigenvalue weighted by Crippen LogP contribution is -2.19. The van der Waals surface area contributed by atoms with Crippen LogP contribution < -0.4 is 5.32 Å². The fourth-order valence-corrected chi connectivity index (χ4v) is 4.10. The summed E-state index contributed by atoms with van der Waals surface area (Å²) in [6.45, 7) is 0. The summed E-state index contributed by atoms with van der Waals surface area (Å²) in [4.78, 5) is 34.7. The summed E-state index contributed by atoms with van der Waals surface area (Å²) in [7, 11) is 1.21. The molecular formula is C20H16N4O5S2. The van der Waals surface area contributed by atoms with Gasteiger partial charge in [0.2, 0.25) is 0 Å². The van der Waals surface area contributed by atoms with Crippen LogP contribution in [0.3, 0.4) is 0 Å². The minimum atomic E-state index is -0.653. The zero-order valence-electron chi connectivity index (χ0n) is 16.2. The molecule has 1 heterocycles. The molecule has 1 N–H and O–H groups in total. The Morgan fingerprint density at radius 1 is 1.29 bits per heavy atom. The van der Waals surface area contributed by atoms with Gasteiger partial charge in [0.1, 0.15) is 0 Å². The molecule has 0 aromatic heterocycles. The molecule has 0 saturated carbocycles. The predicted molar refractivity (Wildman–Crippen MR) is 120 cm³/mol. The van der Waals surface area contributed by atoms with Gasteiger partial charge in [-0.25, -0.2) is 4.79 Å². The normalized spacial score (nSPS) is 16.1. The molecule has 0 spiro atoms. The topological polar surface area (TPSA) is 123 Å². The van der Waals surface area contributed by atoms with Crippen LogP contribution in [0.5, 0.6) is 0 Å². The van der Waals surface area contributed by atoms with Gasteiger partial charge in [-0.3, -0.25) is 20.2 Å². The summed E-state index contributed by atoms with van der Waals surface area (Å²) in [6.07, 6.45) is 2.40. The Morgan fingerprint density at radius 3 is 2.77 bits per heavy atom. The molecule has 1 amide bonds. The van der Waals surface area contributed by atoms with Crippen molar-refractivity contribution in [3.63, 3.8) is 0 Å². The predicted octanol–water partition coefficient (Wildman–Crippen LogP) is 3.50. The fraction of sp³-hybridized carbons (Fsp3) is 0.100. The smallest absolute Gasteiger partial charge is 0.331 e. The van der Waals surface area contributed by atoms with Crippen LogP contribution in [0.25, 0.3) is 0 Å². The maximum atomic E-state index is 11.8. The number of methoxy groups -OCH3 is 1. The molecule has 1 aliphatic heterocycles. The Labute approximate surface area is 185 Å². The van der Waals surface area contributed by atoms with Crippen molar-refractivity contribution < 1.29 is 19.2 Å².